The van der Waals surface area contributed by atoms with Crippen molar-refractivity contribution in [3.63, 3.8) is 0 Å². The van der Waals surface area contributed by atoms with Gasteiger partial charge in [-0.2, -0.15) is 0 Å². The summed E-state index contributed by atoms with van der Waals surface area (Å²) < 4.78 is 5.14. The van der Waals surface area contributed by atoms with Crippen LogP contribution >= 0.6 is 11.3 Å². The SMILES string of the molecule is COc1ccc(CCC(=O)NCC2CCCN2c2nccs2)cc1. The Morgan fingerprint density at radius 1 is 1.42 bits per heavy atom. The maximum absolute atomic E-state index is 12.1. The Morgan fingerprint density at radius 3 is 2.96 bits per heavy atom. The molecular formula is C18H23N3O2S. The third kappa shape index (κ3) is 4.26. The Kier molecular flexibility index (Phi) is 5.69. The number of aromatic nitrogens is 1. The zero-order valence-electron chi connectivity index (χ0n) is 13.9. The lowest BCUT2D eigenvalue weighted by Crippen LogP contribution is -2.40. The number of thiazole rings is 1. The number of aryl methyl sites for hydroxylation is 1. The van der Waals surface area contributed by atoms with Gasteiger partial charge in [0.15, 0.2) is 5.13 Å². The summed E-state index contributed by atoms with van der Waals surface area (Å²) in [7, 11) is 1.65. The molecular weight excluding hydrogens is 322 g/mol. The number of amides is 1. The Morgan fingerprint density at radius 2 is 2.25 bits per heavy atom. The van der Waals surface area contributed by atoms with Gasteiger partial charge in [0.1, 0.15) is 5.75 Å². The molecule has 1 aromatic heterocycles. The van der Waals surface area contributed by atoms with Gasteiger partial charge in [0.2, 0.25) is 5.91 Å². The van der Waals surface area contributed by atoms with E-state index < -0.39 is 0 Å². The van der Waals surface area contributed by atoms with Crippen molar-refractivity contribution < 1.29 is 9.53 Å². The van der Waals surface area contributed by atoms with Gasteiger partial charge < -0.3 is 15.0 Å². The van der Waals surface area contributed by atoms with Crippen molar-refractivity contribution in [1.29, 1.82) is 0 Å². The highest BCUT2D eigenvalue weighted by Gasteiger charge is 2.26. The van der Waals surface area contributed by atoms with E-state index in [1.807, 2.05) is 35.8 Å². The molecule has 3 rings (SSSR count). The topological polar surface area (TPSA) is 54.5 Å². The first kappa shape index (κ1) is 16.8. The van der Waals surface area contributed by atoms with E-state index in [0.29, 0.717) is 19.0 Å². The van der Waals surface area contributed by atoms with E-state index in [0.717, 1.165) is 42.3 Å². The molecule has 6 heteroatoms. The van der Waals surface area contributed by atoms with Gasteiger partial charge in [-0.25, -0.2) is 4.98 Å². The van der Waals surface area contributed by atoms with E-state index in [2.05, 4.69) is 15.2 Å². The molecule has 0 saturated carbocycles. The fraction of sp³-hybridized carbons (Fsp3) is 0.444. The summed E-state index contributed by atoms with van der Waals surface area (Å²) in [5, 5.41) is 6.14. The first-order valence-electron chi connectivity index (χ1n) is 8.32. The standard InChI is InChI=1S/C18H23N3O2S/c1-23-16-7-4-14(5-8-16)6-9-17(22)20-13-15-3-2-11-21(15)18-19-10-12-24-18/h4-5,7-8,10,12,15H,2-3,6,9,11,13H2,1H3,(H,20,22). The van der Waals surface area contributed by atoms with Crippen LogP contribution < -0.4 is 15.0 Å². The van der Waals surface area contributed by atoms with Gasteiger partial charge in [-0.05, 0) is 37.0 Å². The van der Waals surface area contributed by atoms with E-state index in [9.17, 15) is 4.79 Å². The van der Waals surface area contributed by atoms with Gasteiger partial charge in [-0.1, -0.05) is 12.1 Å². The highest BCUT2D eigenvalue weighted by Crippen LogP contribution is 2.26. The molecule has 2 heterocycles. The van der Waals surface area contributed by atoms with Crippen LogP contribution in [0.15, 0.2) is 35.8 Å². The fourth-order valence-corrected chi connectivity index (χ4v) is 3.77. The van der Waals surface area contributed by atoms with E-state index in [4.69, 9.17) is 4.74 Å². The highest BCUT2D eigenvalue weighted by molar-refractivity contribution is 7.13. The molecule has 1 saturated heterocycles. The lowest BCUT2D eigenvalue weighted by Gasteiger charge is -2.24. The molecule has 1 unspecified atom stereocenters. The average Bonchev–Trinajstić information content (AvgIpc) is 3.29. The molecule has 1 atom stereocenters. The summed E-state index contributed by atoms with van der Waals surface area (Å²) in [4.78, 5) is 18.8. The minimum absolute atomic E-state index is 0.108. The molecule has 1 aliphatic heterocycles. The third-order valence-electron chi connectivity index (χ3n) is 4.38. The van der Waals surface area contributed by atoms with Crippen LogP contribution in [0, 0.1) is 0 Å². The van der Waals surface area contributed by atoms with Crippen LogP contribution in [-0.4, -0.2) is 37.1 Å². The van der Waals surface area contributed by atoms with Crippen molar-refractivity contribution in [1.82, 2.24) is 10.3 Å². The van der Waals surface area contributed by atoms with Gasteiger partial charge in [-0.15, -0.1) is 11.3 Å². The molecule has 0 radical (unpaired) electrons. The van der Waals surface area contributed by atoms with Gasteiger partial charge in [0.05, 0.1) is 7.11 Å². The van der Waals surface area contributed by atoms with Crippen LogP contribution in [0.1, 0.15) is 24.8 Å². The first-order chi connectivity index (χ1) is 11.8. The number of nitrogens with zero attached hydrogens (tertiary/aromatic N) is 2. The summed E-state index contributed by atoms with van der Waals surface area (Å²) in [6.45, 7) is 1.72. The number of hydrogen-bond acceptors (Lipinski definition) is 5. The van der Waals surface area contributed by atoms with E-state index >= 15 is 0 Å². The van der Waals surface area contributed by atoms with E-state index in [1.165, 1.54) is 0 Å². The Labute approximate surface area is 146 Å². The number of carbonyl (C=O) groups excluding carboxylic acids is 1. The van der Waals surface area contributed by atoms with Crippen molar-refractivity contribution in [3.8, 4) is 5.75 Å². The number of hydrogen-bond donors (Lipinski definition) is 1. The van der Waals surface area contributed by atoms with Crippen LogP contribution in [0.3, 0.4) is 0 Å². The van der Waals surface area contributed by atoms with Crippen LogP contribution in [0.25, 0.3) is 0 Å². The predicted octanol–water partition coefficient (Wildman–Crippen LogP) is 2.87. The number of nitrogens with one attached hydrogen (secondary N) is 1. The van der Waals surface area contributed by atoms with Crippen molar-refractivity contribution >= 4 is 22.4 Å². The molecule has 0 bridgehead atoms. The molecule has 24 heavy (non-hydrogen) atoms. The number of ether oxygens (including phenoxy) is 1. The Bertz CT molecular complexity index is 643. The number of methoxy groups -OCH3 is 1. The van der Waals surface area contributed by atoms with E-state index in [-0.39, 0.29) is 5.91 Å². The smallest absolute Gasteiger partial charge is 0.220 e. The molecule has 1 aliphatic rings. The number of anilines is 1. The monoisotopic (exact) mass is 345 g/mol. The van der Waals surface area contributed by atoms with Gasteiger partial charge >= 0.3 is 0 Å². The molecule has 1 N–H and O–H groups in total. The molecule has 1 aromatic carbocycles. The second kappa shape index (κ2) is 8.15. The van der Waals surface area contributed by atoms with Crippen molar-refractivity contribution in [3.05, 3.63) is 41.4 Å². The lowest BCUT2D eigenvalue weighted by atomic mass is 10.1. The van der Waals surface area contributed by atoms with Crippen LogP contribution in [-0.2, 0) is 11.2 Å². The normalized spacial score (nSPS) is 17.0. The predicted molar refractivity (Wildman–Crippen MR) is 96.8 cm³/mol. The number of benzene rings is 1. The molecule has 2 aromatic rings. The summed E-state index contributed by atoms with van der Waals surface area (Å²) in [5.41, 5.74) is 1.15. The van der Waals surface area contributed by atoms with Gasteiger partial charge in [0, 0.05) is 37.1 Å². The molecule has 128 valence electrons. The number of rotatable bonds is 7. The molecule has 1 amide bonds. The maximum Gasteiger partial charge on any atom is 0.220 e. The zero-order chi connectivity index (χ0) is 16.8. The Balaban J connectivity index is 1.43. The Hall–Kier alpha value is -2.08. The molecule has 1 fully saturated rings. The average molecular weight is 345 g/mol. The quantitative estimate of drug-likeness (QED) is 0.838. The summed E-state index contributed by atoms with van der Waals surface area (Å²) in [5.74, 6) is 0.948. The second-order valence-electron chi connectivity index (χ2n) is 5.96. The van der Waals surface area contributed by atoms with Crippen molar-refractivity contribution in [2.75, 3.05) is 25.1 Å². The lowest BCUT2D eigenvalue weighted by molar-refractivity contribution is -0.121. The molecule has 0 aliphatic carbocycles. The maximum atomic E-state index is 12.1. The largest absolute Gasteiger partial charge is 0.497 e. The minimum atomic E-state index is 0.108. The summed E-state index contributed by atoms with van der Waals surface area (Å²) >= 11 is 1.66. The van der Waals surface area contributed by atoms with E-state index in [1.54, 1.807) is 18.4 Å². The summed E-state index contributed by atoms with van der Waals surface area (Å²) in [6.07, 6.45) is 5.36. The fourth-order valence-electron chi connectivity index (χ4n) is 3.03. The van der Waals surface area contributed by atoms with Crippen molar-refractivity contribution in [2.24, 2.45) is 0 Å². The zero-order valence-corrected chi connectivity index (χ0v) is 14.7. The van der Waals surface area contributed by atoms with Crippen LogP contribution in [0.5, 0.6) is 5.75 Å². The van der Waals surface area contributed by atoms with Crippen LogP contribution in [0.2, 0.25) is 0 Å². The highest BCUT2D eigenvalue weighted by atomic mass is 32.1. The third-order valence-corrected chi connectivity index (χ3v) is 5.19. The molecule has 5 nitrogen and oxygen atoms in total. The van der Waals surface area contributed by atoms with Gasteiger partial charge in [-0.3, -0.25) is 4.79 Å². The first-order valence-corrected chi connectivity index (χ1v) is 9.20. The summed E-state index contributed by atoms with van der Waals surface area (Å²) in [6, 6.07) is 8.23. The molecule has 0 spiro atoms. The van der Waals surface area contributed by atoms with Gasteiger partial charge in [0.25, 0.3) is 0 Å². The number of carbonyl (C=O) groups is 1. The minimum Gasteiger partial charge on any atom is -0.497 e. The van der Waals surface area contributed by atoms with Crippen LogP contribution in [0.4, 0.5) is 5.13 Å². The van der Waals surface area contributed by atoms with Crippen molar-refractivity contribution in [2.45, 2.75) is 31.7 Å². The second-order valence-corrected chi connectivity index (χ2v) is 6.83.